The third-order valence-corrected chi connectivity index (χ3v) is 6.77. The number of para-hydroxylation sites is 1. The van der Waals surface area contributed by atoms with Crippen LogP contribution >= 0.6 is 0 Å². The van der Waals surface area contributed by atoms with Crippen molar-refractivity contribution >= 4 is 27.6 Å². The highest BCUT2D eigenvalue weighted by atomic mass is 32.2. The number of likely N-dealkylation sites (tertiary alicyclic amines) is 1. The Morgan fingerprint density at radius 2 is 1.93 bits per heavy atom. The molecule has 29 heavy (non-hydrogen) atoms. The fraction of sp³-hybridized carbons (Fsp3) is 0.421. The van der Waals surface area contributed by atoms with Gasteiger partial charge in [0.1, 0.15) is 4.90 Å². The molecule has 1 amide bonds. The van der Waals surface area contributed by atoms with Crippen molar-refractivity contribution in [2.75, 3.05) is 37.4 Å². The second-order valence-corrected chi connectivity index (χ2v) is 9.24. The minimum Gasteiger partial charge on any atom is -0.368 e. The zero-order valence-corrected chi connectivity index (χ0v) is 17.2. The third kappa shape index (κ3) is 3.90. The number of piperidine rings is 1. The van der Waals surface area contributed by atoms with Crippen molar-refractivity contribution in [2.45, 2.75) is 23.9 Å². The Balaban J connectivity index is 1.49. The van der Waals surface area contributed by atoms with Gasteiger partial charge in [-0.3, -0.25) is 4.79 Å². The van der Waals surface area contributed by atoms with Gasteiger partial charge in [0.05, 0.1) is 17.4 Å². The molecule has 9 nitrogen and oxygen atoms in total. The van der Waals surface area contributed by atoms with Gasteiger partial charge in [0, 0.05) is 45.5 Å². The van der Waals surface area contributed by atoms with Crippen LogP contribution < -0.4 is 14.9 Å². The summed E-state index contributed by atoms with van der Waals surface area (Å²) in [5.74, 6) is 0.356. The summed E-state index contributed by atoms with van der Waals surface area (Å²) < 4.78 is 27.9. The molecule has 0 bridgehead atoms. The first-order chi connectivity index (χ1) is 13.8. The van der Waals surface area contributed by atoms with E-state index in [9.17, 15) is 13.2 Å². The topological polar surface area (TPSA) is 108 Å². The number of nitrogens with zero attached hydrogens (tertiary/aromatic N) is 4. The van der Waals surface area contributed by atoms with E-state index in [1.54, 1.807) is 34.1 Å². The van der Waals surface area contributed by atoms with E-state index in [0.717, 1.165) is 12.8 Å². The quantitative estimate of drug-likeness (QED) is 0.772. The van der Waals surface area contributed by atoms with E-state index in [2.05, 4.69) is 20.0 Å². The molecule has 1 aromatic heterocycles. The number of amides is 1. The second kappa shape index (κ2) is 7.60. The molecule has 1 aromatic carbocycles. The van der Waals surface area contributed by atoms with Gasteiger partial charge < -0.3 is 15.1 Å². The molecule has 0 aliphatic carbocycles. The summed E-state index contributed by atoms with van der Waals surface area (Å²) >= 11 is 0. The van der Waals surface area contributed by atoms with Crippen LogP contribution in [0.1, 0.15) is 23.2 Å². The van der Waals surface area contributed by atoms with Crippen LogP contribution in [0.2, 0.25) is 0 Å². The lowest BCUT2D eigenvalue weighted by Gasteiger charge is -2.39. The van der Waals surface area contributed by atoms with Crippen molar-refractivity contribution < 1.29 is 13.2 Å². The lowest BCUT2D eigenvalue weighted by Crippen LogP contribution is -2.54. The van der Waals surface area contributed by atoms with Crippen molar-refractivity contribution in [3.8, 4) is 0 Å². The largest absolute Gasteiger partial charge is 0.368 e. The van der Waals surface area contributed by atoms with E-state index in [0.29, 0.717) is 30.3 Å². The van der Waals surface area contributed by atoms with Crippen molar-refractivity contribution in [3.05, 3.63) is 42.2 Å². The predicted octanol–water partition coefficient (Wildman–Crippen LogP) is 1.12. The Bertz CT molecular complexity index is 1010. The van der Waals surface area contributed by atoms with Gasteiger partial charge in [-0.15, -0.1) is 0 Å². The molecule has 0 spiro atoms. The number of fused-ring (bicyclic) bond motifs is 1. The maximum Gasteiger partial charge on any atom is 0.257 e. The van der Waals surface area contributed by atoms with Crippen LogP contribution in [0.15, 0.2) is 41.6 Å². The summed E-state index contributed by atoms with van der Waals surface area (Å²) in [5.41, 5.74) is 1.02. The fourth-order valence-corrected chi connectivity index (χ4v) is 5.16. The normalized spacial score (nSPS) is 23.0. The molecular formula is C19H24N6O3S. The van der Waals surface area contributed by atoms with E-state index < -0.39 is 16.2 Å². The van der Waals surface area contributed by atoms with Gasteiger partial charge in [0.2, 0.25) is 16.0 Å². The van der Waals surface area contributed by atoms with Crippen LogP contribution in [0.4, 0.5) is 11.6 Å². The number of benzene rings is 1. The number of anilines is 2. The number of aromatic nitrogens is 2. The monoisotopic (exact) mass is 416 g/mol. The van der Waals surface area contributed by atoms with Gasteiger partial charge in [-0.1, -0.05) is 12.1 Å². The number of nitrogens with one attached hydrogen (secondary N) is 2. The van der Waals surface area contributed by atoms with Crippen LogP contribution in [-0.2, 0) is 10.0 Å². The fourth-order valence-electron chi connectivity index (χ4n) is 3.77. The first-order valence-corrected chi connectivity index (χ1v) is 11.0. The Labute approximate surface area is 170 Å². The Kier molecular flexibility index (Phi) is 5.13. The molecule has 4 rings (SSSR count). The first kappa shape index (κ1) is 19.6. The van der Waals surface area contributed by atoms with Crippen molar-refractivity contribution in [1.29, 1.82) is 0 Å². The lowest BCUT2D eigenvalue weighted by molar-refractivity contribution is 0.0658. The molecule has 2 atom stereocenters. The van der Waals surface area contributed by atoms with Gasteiger partial charge in [-0.2, -0.15) is 4.72 Å². The average Bonchev–Trinajstić information content (AvgIpc) is 2.73. The lowest BCUT2D eigenvalue weighted by atomic mass is 9.94. The molecule has 1 saturated heterocycles. The number of carbonyl (C=O) groups is 1. The maximum atomic E-state index is 12.9. The van der Waals surface area contributed by atoms with Crippen molar-refractivity contribution in [1.82, 2.24) is 19.6 Å². The Morgan fingerprint density at radius 1 is 1.21 bits per heavy atom. The zero-order chi connectivity index (χ0) is 20.6. The average molecular weight is 417 g/mol. The molecule has 0 unspecified atom stereocenters. The van der Waals surface area contributed by atoms with Gasteiger partial charge in [-0.25, -0.2) is 18.4 Å². The van der Waals surface area contributed by atoms with Gasteiger partial charge in [-0.05, 0) is 25.0 Å². The van der Waals surface area contributed by atoms with E-state index >= 15 is 0 Å². The van der Waals surface area contributed by atoms with E-state index in [-0.39, 0.29) is 16.7 Å². The number of sulfonamides is 1. The van der Waals surface area contributed by atoms with E-state index in [1.807, 2.05) is 14.1 Å². The highest BCUT2D eigenvalue weighted by Crippen LogP contribution is 2.30. The van der Waals surface area contributed by atoms with Crippen LogP contribution in [-0.4, -0.2) is 62.5 Å². The van der Waals surface area contributed by atoms with Gasteiger partial charge >= 0.3 is 0 Å². The highest BCUT2D eigenvalue weighted by molar-refractivity contribution is 7.89. The summed E-state index contributed by atoms with van der Waals surface area (Å²) in [6.07, 6.45) is 4.23. The van der Waals surface area contributed by atoms with Crippen molar-refractivity contribution in [3.63, 3.8) is 0 Å². The number of carbonyl (C=O) groups excluding carboxylic acids is 1. The van der Waals surface area contributed by atoms with Crippen LogP contribution in [0, 0.1) is 5.92 Å². The molecule has 1 fully saturated rings. The van der Waals surface area contributed by atoms with Gasteiger partial charge in [0.25, 0.3) is 5.91 Å². The molecular weight excluding hydrogens is 392 g/mol. The minimum absolute atomic E-state index is 0.0437. The summed E-state index contributed by atoms with van der Waals surface area (Å²) in [6, 6.07) is 6.84. The molecule has 2 N–H and O–H groups in total. The summed E-state index contributed by atoms with van der Waals surface area (Å²) in [5, 5.41) is 3.28. The predicted molar refractivity (Wildman–Crippen MR) is 109 cm³/mol. The molecule has 0 radical (unpaired) electrons. The molecule has 0 saturated carbocycles. The number of hydrogen-bond acceptors (Lipinski definition) is 7. The Morgan fingerprint density at radius 3 is 2.66 bits per heavy atom. The standard InChI is InChI=1S/C19H24N6O3S/c1-24(2)19-20-10-14(11-21-19)18(26)25-9-5-6-13(12-25)17-22-15-7-3-4-8-16(15)29(27,28)23-17/h3-4,7-8,10-11,13,17,22-23H,5-6,9,12H2,1-2H3/t13-,17+/m1/s1. The highest BCUT2D eigenvalue weighted by Gasteiger charge is 2.36. The van der Waals surface area contributed by atoms with Crippen LogP contribution in [0.3, 0.4) is 0 Å². The molecule has 154 valence electrons. The molecule has 2 aliphatic heterocycles. The minimum atomic E-state index is -3.58. The van der Waals surface area contributed by atoms with E-state index in [4.69, 9.17) is 0 Å². The number of rotatable bonds is 3. The second-order valence-electron chi connectivity index (χ2n) is 7.56. The third-order valence-electron chi connectivity index (χ3n) is 5.27. The molecule has 2 aromatic rings. The van der Waals surface area contributed by atoms with E-state index in [1.165, 1.54) is 12.4 Å². The molecule has 3 heterocycles. The Hall–Kier alpha value is -2.72. The smallest absolute Gasteiger partial charge is 0.257 e. The molecule has 10 heteroatoms. The zero-order valence-electron chi connectivity index (χ0n) is 16.4. The summed E-state index contributed by atoms with van der Waals surface area (Å²) in [6.45, 7) is 1.08. The summed E-state index contributed by atoms with van der Waals surface area (Å²) in [4.78, 5) is 25.1. The van der Waals surface area contributed by atoms with Crippen LogP contribution in [0.5, 0.6) is 0 Å². The van der Waals surface area contributed by atoms with Crippen molar-refractivity contribution in [2.24, 2.45) is 5.92 Å². The first-order valence-electron chi connectivity index (χ1n) is 9.52. The SMILES string of the molecule is CN(C)c1ncc(C(=O)N2CCC[C@@H]([C@H]3Nc4ccccc4S(=O)(=O)N3)C2)cn1. The van der Waals surface area contributed by atoms with Crippen LogP contribution in [0.25, 0.3) is 0 Å². The molecule has 2 aliphatic rings. The number of hydrogen-bond donors (Lipinski definition) is 2. The van der Waals surface area contributed by atoms with Gasteiger partial charge in [0.15, 0.2) is 0 Å². The maximum absolute atomic E-state index is 12.9. The summed E-state index contributed by atoms with van der Waals surface area (Å²) in [7, 11) is 0.0875.